The third kappa shape index (κ3) is 2.06. The molecule has 78 valence electrons. The summed E-state index contributed by atoms with van der Waals surface area (Å²) < 4.78 is 12.9. The summed E-state index contributed by atoms with van der Waals surface area (Å²) in [6.07, 6.45) is 0.0451. The largest absolute Gasteiger partial charge is 0.294 e. The summed E-state index contributed by atoms with van der Waals surface area (Å²) in [7, 11) is 0. The van der Waals surface area contributed by atoms with Crippen molar-refractivity contribution in [1.29, 1.82) is 0 Å². The Bertz CT molecular complexity index is 447. The number of benzene rings is 1. The fourth-order valence-corrected chi connectivity index (χ4v) is 2.71. The number of thioether (sulfide) groups is 1. The van der Waals surface area contributed by atoms with Crippen LogP contribution < -0.4 is 0 Å². The number of ketones is 1. The molecule has 0 amide bonds. The number of Topliss-reactive ketones (excluding diaryl/α,β-unsaturated/α-hetero) is 1. The number of carbonyl (C=O) groups excluding carboxylic acids is 2. The van der Waals surface area contributed by atoms with Gasteiger partial charge in [0, 0.05) is 16.9 Å². The molecule has 15 heavy (non-hydrogen) atoms. The van der Waals surface area contributed by atoms with E-state index in [1.54, 1.807) is 0 Å². The van der Waals surface area contributed by atoms with E-state index < -0.39 is 16.3 Å². The molecule has 0 spiro atoms. The fourth-order valence-electron chi connectivity index (χ4n) is 1.42. The summed E-state index contributed by atoms with van der Waals surface area (Å²) in [6, 6.07) is 3.96. The first-order chi connectivity index (χ1) is 7.08. The van der Waals surface area contributed by atoms with Crippen LogP contribution >= 0.6 is 23.4 Å². The molecule has 0 radical (unpaired) electrons. The van der Waals surface area contributed by atoms with Gasteiger partial charge in [-0.25, -0.2) is 4.39 Å². The maximum absolute atomic E-state index is 12.9. The third-order valence-electron chi connectivity index (χ3n) is 2.14. The van der Waals surface area contributed by atoms with Gasteiger partial charge in [0.2, 0.25) is 5.24 Å². The van der Waals surface area contributed by atoms with Gasteiger partial charge in [0.15, 0.2) is 5.78 Å². The quantitative estimate of drug-likeness (QED) is 0.713. The highest BCUT2D eigenvalue weighted by atomic mass is 35.5. The lowest BCUT2D eigenvalue weighted by Crippen LogP contribution is -2.22. The molecule has 0 aromatic heterocycles. The lowest BCUT2D eigenvalue weighted by Gasteiger charge is -2.19. The molecule has 0 saturated carbocycles. The number of hydrogen-bond acceptors (Lipinski definition) is 3. The molecule has 1 atom stereocenters. The summed E-state index contributed by atoms with van der Waals surface area (Å²) in [5, 5.41) is -1.08. The summed E-state index contributed by atoms with van der Waals surface area (Å²) in [4.78, 5) is 23.1. The highest BCUT2D eigenvalue weighted by Crippen LogP contribution is 2.36. The second-order valence-corrected chi connectivity index (χ2v) is 4.80. The molecule has 0 saturated heterocycles. The molecule has 1 aliphatic rings. The van der Waals surface area contributed by atoms with Crippen molar-refractivity contribution in [3.8, 4) is 0 Å². The van der Waals surface area contributed by atoms with Gasteiger partial charge in [-0.2, -0.15) is 0 Å². The smallest absolute Gasteiger partial charge is 0.235 e. The van der Waals surface area contributed by atoms with E-state index in [-0.39, 0.29) is 12.2 Å². The Hall–Kier alpha value is -0.870. The van der Waals surface area contributed by atoms with E-state index in [0.717, 1.165) is 0 Å². The first-order valence-electron chi connectivity index (χ1n) is 4.26. The molecule has 0 aliphatic carbocycles. The summed E-state index contributed by atoms with van der Waals surface area (Å²) in [5.41, 5.74) is 0.342. The van der Waals surface area contributed by atoms with E-state index in [9.17, 15) is 14.0 Å². The highest BCUT2D eigenvalue weighted by Gasteiger charge is 2.29. The van der Waals surface area contributed by atoms with E-state index in [1.165, 1.54) is 30.0 Å². The normalized spacial score (nSPS) is 19.9. The van der Waals surface area contributed by atoms with Crippen molar-refractivity contribution in [3.05, 3.63) is 29.6 Å². The summed E-state index contributed by atoms with van der Waals surface area (Å²) in [5.74, 6) is -0.680. The van der Waals surface area contributed by atoms with E-state index >= 15 is 0 Å². The molecule has 1 unspecified atom stereocenters. The molecule has 0 fully saturated rings. The number of rotatable bonds is 1. The van der Waals surface area contributed by atoms with E-state index in [4.69, 9.17) is 11.6 Å². The van der Waals surface area contributed by atoms with E-state index in [1.807, 2.05) is 0 Å². The van der Waals surface area contributed by atoms with Crippen LogP contribution in [0, 0.1) is 5.82 Å². The topological polar surface area (TPSA) is 34.1 Å². The Kier molecular flexibility index (Phi) is 2.80. The Morgan fingerprint density at radius 3 is 2.93 bits per heavy atom. The molecular formula is C10H6ClFO2S. The van der Waals surface area contributed by atoms with Crippen molar-refractivity contribution in [2.45, 2.75) is 16.6 Å². The minimum atomic E-state index is -0.544. The lowest BCUT2D eigenvalue weighted by atomic mass is 10.1. The average Bonchev–Trinajstić information content (AvgIpc) is 2.18. The predicted octanol–water partition coefficient (Wildman–Crippen LogP) is 2.64. The van der Waals surface area contributed by atoms with Crippen molar-refractivity contribution < 1.29 is 14.0 Å². The summed E-state index contributed by atoms with van der Waals surface area (Å²) >= 11 is 6.54. The zero-order chi connectivity index (χ0) is 11.0. The predicted molar refractivity (Wildman–Crippen MR) is 55.9 cm³/mol. The Morgan fingerprint density at radius 2 is 2.27 bits per heavy atom. The van der Waals surface area contributed by atoms with Gasteiger partial charge in [-0.1, -0.05) is 0 Å². The second kappa shape index (κ2) is 3.94. The summed E-state index contributed by atoms with van der Waals surface area (Å²) in [6.45, 7) is 0. The zero-order valence-corrected chi connectivity index (χ0v) is 9.07. The van der Waals surface area contributed by atoms with Crippen molar-refractivity contribution in [1.82, 2.24) is 0 Å². The lowest BCUT2D eigenvalue weighted by molar-refractivity contribution is -0.111. The highest BCUT2D eigenvalue weighted by molar-refractivity contribution is 8.01. The van der Waals surface area contributed by atoms with Crippen molar-refractivity contribution in [2.75, 3.05) is 0 Å². The van der Waals surface area contributed by atoms with Crippen molar-refractivity contribution in [2.24, 2.45) is 0 Å². The zero-order valence-electron chi connectivity index (χ0n) is 7.50. The van der Waals surface area contributed by atoms with Crippen molar-refractivity contribution in [3.63, 3.8) is 0 Å². The standard InChI is InChI=1S/C10H6ClFO2S/c11-10(14)9-4-7(13)6-3-5(12)1-2-8(6)15-9/h1-3,9H,4H2. The van der Waals surface area contributed by atoms with Crippen LogP contribution in [0.4, 0.5) is 4.39 Å². The molecule has 2 nitrogen and oxygen atoms in total. The van der Waals surface area contributed by atoms with Crippen LogP contribution in [0.5, 0.6) is 0 Å². The van der Waals surface area contributed by atoms with Gasteiger partial charge in [0.05, 0.1) is 5.25 Å². The Morgan fingerprint density at radius 1 is 1.53 bits per heavy atom. The Balaban J connectivity index is 2.41. The van der Waals surface area contributed by atoms with Gasteiger partial charge < -0.3 is 0 Å². The van der Waals surface area contributed by atoms with Crippen LogP contribution in [0.15, 0.2) is 23.1 Å². The molecule has 0 bridgehead atoms. The minimum Gasteiger partial charge on any atom is -0.294 e. The molecule has 1 aromatic rings. The van der Waals surface area contributed by atoms with Gasteiger partial charge in [0.25, 0.3) is 0 Å². The minimum absolute atomic E-state index is 0.0451. The first-order valence-corrected chi connectivity index (χ1v) is 5.52. The molecule has 1 aromatic carbocycles. The van der Waals surface area contributed by atoms with Crippen LogP contribution in [0.25, 0.3) is 0 Å². The first kappa shape index (κ1) is 10.6. The van der Waals surface area contributed by atoms with Gasteiger partial charge >= 0.3 is 0 Å². The van der Waals surface area contributed by atoms with Crippen LogP contribution in [-0.4, -0.2) is 16.3 Å². The molecule has 2 rings (SSSR count). The number of fused-ring (bicyclic) bond motifs is 1. The number of hydrogen-bond donors (Lipinski definition) is 0. The van der Waals surface area contributed by atoms with Crippen LogP contribution in [0.3, 0.4) is 0 Å². The third-order valence-corrected chi connectivity index (χ3v) is 3.80. The SMILES string of the molecule is O=C1CC(C(=O)Cl)Sc2ccc(F)cc21. The van der Waals surface area contributed by atoms with Gasteiger partial charge in [0.1, 0.15) is 5.82 Å². The molecule has 1 heterocycles. The fraction of sp³-hybridized carbons (Fsp3) is 0.200. The maximum atomic E-state index is 12.9. The maximum Gasteiger partial charge on any atom is 0.235 e. The molecule has 1 aliphatic heterocycles. The van der Waals surface area contributed by atoms with Gasteiger partial charge in [-0.05, 0) is 29.8 Å². The average molecular weight is 245 g/mol. The van der Waals surface area contributed by atoms with E-state index in [2.05, 4.69) is 0 Å². The molecular weight excluding hydrogens is 239 g/mol. The Labute approximate surface area is 94.8 Å². The van der Waals surface area contributed by atoms with Crippen LogP contribution in [0.1, 0.15) is 16.8 Å². The number of carbonyl (C=O) groups is 2. The van der Waals surface area contributed by atoms with Gasteiger partial charge in [-0.3, -0.25) is 9.59 Å². The molecule has 5 heteroatoms. The van der Waals surface area contributed by atoms with Crippen LogP contribution in [0.2, 0.25) is 0 Å². The monoisotopic (exact) mass is 244 g/mol. The van der Waals surface area contributed by atoms with Crippen molar-refractivity contribution >= 4 is 34.4 Å². The molecule has 0 N–H and O–H groups in total. The number of halogens is 2. The van der Waals surface area contributed by atoms with E-state index in [0.29, 0.717) is 10.5 Å². The second-order valence-electron chi connectivity index (χ2n) is 3.18. The van der Waals surface area contributed by atoms with Crippen LogP contribution in [-0.2, 0) is 4.79 Å². The van der Waals surface area contributed by atoms with Gasteiger partial charge in [-0.15, -0.1) is 11.8 Å².